The number of piperidine rings is 1. The van der Waals surface area contributed by atoms with Crippen molar-refractivity contribution >= 4 is 17.4 Å². The second-order valence-corrected chi connectivity index (χ2v) is 6.09. The first-order valence-electron chi connectivity index (χ1n) is 6.55. The molecular weight excluding hydrogens is 250 g/mol. The van der Waals surface area contributed by atoms with E-state index in [0.29, 0.717) is 17.6 Å². The molecule has 1 aromatic rings. The van der Waals surface area contributed by atoms with Crippen LogP contribution in [0.3, 0.4) is 0 Å². The van der Waals surface area contributed by atoms with Crippen LogP contribution in [0.25, 0.3) is 0 Å². The molecule has 1 saturated heterocycles. The van der Waals surface area contributed by atoms with Gasteiger partial charge in [0, 0.05) is 25.1 Å². The molecule has 1 aliphatic carbocycles. The van der Waals surface area contributed by atoms with E-state index in [-0.39, 0.29) is 0 Å². The van der Waals surface area contributed by atoms with Gasteiger partial charge >= 0.3 is 0 Å². The van der Waals surface area contributed by atoms with E-state index < -0.39 is 5.60 Å². The molecule has 98 valence electrons. The molecule has 3 rings (SSSR count). The lowest BCUT2D eigenvalue weighted by Gasteiger charge is -2.37. The smallest absolute Gasteiger partial charge is 0.135 e. The van der Waals surface area contributed by atoms with Crippen molar-refractivity contribution in [3.63, 3.8) is 0 Å². The zero-order valence-corrected chi connectivity index (χ0v) is 11.3. The Morgan fingerprint density at radius 3 is 2.89 bits per heavy atom. The maximum absolute atomic E-state index is 10.1. The fourth-order valence-electron chi connectivity index (χ4n) is 2.52. The van der Waals surface area contributed by atoms with Gasteiger partial charge in [-0.2, -0.15) is 0 Å². The van der Waals surface area contributed by atoms with E-state index in [2.05, 4.69) is 14.9 Å². The van der Waals surface area contributed by atoms with Gasteiger partial charge in [-0.1, -0.05) is 11.6 Å². The predicted octanol–water partition coefficient (Wildman–Crippen LogP) is 2.36. The Morgan fingerprint density at radius 2 is 2.22 bits per heavy atom. The van der Waals surface area contributed by atoms with Gasteiger partial charge in [0.15, 0.2) is 0 Å². The molecule has 4 nitrogen and oxygen atoms in total. The van der Waals surface area contributed by atoms with Crippen molar-refractivity contribution in [1.82, 2.24) is 9.97 Å². The van der Waals surface area contributed by atoms with E-state index in [1.54, 1.807) is 6.07 Å². The van der Waals surface area contributed by atoms with Gasteiger partial charge in [-0.25, -0.2) is 9.97 Å². The second kappa shape index (κ2) is 4.35. The van der Waals surface area contributed by atoms with Gasteiger partial charge in [-0.05, 0) is 32.6 Å². The van der Waals surface area contributed by atoms with Gasteiger partial charge in [-0.15, -0.1) is 0 Å². The van der Waals surface area contributed by atoms with Crippen LogP contribution in [-0.2, 0) is 0 Å². The largest absolute Gasteiger partial charge is 0.388 e. The summed E-state index contributed by atoms with van der Waals surface area (Å²) >= 11 is 6.07. The van der Waals surface area contributed by atoms with E-state index in [9.17, 15) is 5.11 Å². The number of aliphatic hydroxyl groups is 1. The van der Waals surface area contributed by atoms with Crippen molar-refractivity contribution in [3.05, 3.63) is 17.0 Å². The van der Waals surface area contributed by atoms with Crippen LogP contribution in [0.1, 0.15) is 44.3 Å². The summed E-state index contributed by atoms with van der Waals surface area (Å²) in [5.41, 5.74) is -0.630. The van der Waals surface area contributed by atoms with Crippen molar-refractivity contribution in [2.24, 2.45) is 0 Å². The summed E-state index contributed by atoms with van der Waals surface area (Å²) in [5, 5.41) is 10.7. The number of hydrogen-bond donors (Lipinski definition) is 1. The highest BCUT2D eigenvalue weighted by atomic mass is 35.5. The molecule has 1 unspecified atom stereocenters. The number of halogens is 1. The van der Waals surface area contributed by atoms with Gasteiger partial charge in [0.25, 0.3) is 0 Å². The van der Waals surface area contributed by atoms with Gasteiger partial charge in [-0.3, -0.25) is 0 Å². The monoisotopic (exact) mass is 267 g/mol. The van der Waals surface area contributed by atoms with Crippen LogP contribution < -0.4 is 4.90 Å². The van der Waals surface area contributed by atoms with Crippen molar-refractivity contribution in [2.45, 2.75) is 44.1 Å². The number of anilines is 1. The molecule has 0 amide bonds. The third kappa shape index (κ3) is 2.59. The molecule has 5 heteroatoms. The summed E-state index contributed by atoms with van der Waals surface area (Å²) in [6.45, 7) is 3.42. The van der Waals surface area contributed by atoms with Crippen LogP contribution in [0.15, 0.2) is 6.07 Å². The Morgan fingerprint density at radius 1 is 1.44 bits per heavy atom. The zero-order chi connectivity index (χ0) is 12.8. The molecule has 0 spiro atoms. The minimum atomic E-state index is -0.630. The normalized spacial score (nSPS) is 28.5. The molecule has 0 radical (unpaired) electrons. The summed E-state index contributed by atoms with van der Waals surface area (Å²) in [6.07, 6.45) is 4.15. The molecule has 18 heavy (non-hydrogen) atoms. The highest BCUT2D eigenvalue weighted by Crippen LogP contribution is 2.39. The summed E-state index contributed by atoms with van der Waals surface area (Å²) in [5.74, 6) is 2.22. The first-order chi connectivity index (χ1) is 8.53. The Bertz CT molecular complexity index is 460. The van der Waals surface area contributed by atoms with Crippen LogP contribution in [0, 0.1) is 0 Å². The van der Waals surface area contributed by atoms with Gasteiger partial charge in [0.05, 0.1) is 5.60 Å². The number of nitrogens with zero attached hydrogens (tertiary/aromatic N) is 3. The maximum atomic E-state index is 10.1. The molecule has 1 N–H and O–H groups in total. The number of rotatable bonds is 2. The van der Waals surface area contributed by atoms with Crippen molar-refractivity contribution in [2.75, 3.05) is 18.0 Å². The number of β-amino-alcohol motifs (C(OH)–C–C–N with tert-alkyl or cyclic N) is 1. The van der Waals surface area contributed by atoms with Crippen molar-refractivity contribution in [1.29, 1.82) is 0 Å². The minimum Gasteiger partial charge on any atom is -0.388 e. The summed E-state index contributed by atoms with van der Waals surface area (Å²) in [4.78, 5) is 11.0. The predicted molar refractivity (Wildman–Crippen MR) is 71.1 cm³/mol. The lowest BCUT2D eigenvalue weighted by Crippen LogP contribution is -2.46. The molecule has 0 aromatic carbocycles. The highest BCUT2D eigenvalue weighted by Gasteiger charge is 2.31. The number of hydrogen-bond acceptors (Lipinski definition) is 4. The average Bonchev–Trinajstić information content (AvgIpc) is 3.10. The van der Waals surface area contributed by atoms with E-state index in [0.717, 1.165) is 43.9 Å². The van der Waals surface area contributed by atoms with E-state index in [4.69, 9.17) is 11.6 Å². The van der Waals surface area contributed by atoms with Crippen LogP contribution in [0.4, 0.5) is 5.82 Å². The molecule has 1 saturated carbocycles. The van der Waals surface area contributed by atoms with Crippen LogP contribution in [-0.4, -0.2) is 33.8 Å². The van der Waals surface area contributed by atoms with E-state index >= 15 is 0 Å². The first-order valence-corrected chi connectivity index (χ1v) is 6.93. The van der Waals surface area contributed by atoms with E-state index in [1.807, 2.05) is 6.92 Å². The molecule has 0 bridgehead atoms. The third-order valence-corrected chi connectivity index (χ3v) is 3.83. The summed E-state index contributed by atoms with van der Waals surface area (Å²) in [6, 6.07) is 1.80. The second-order valence-electron chi connectivity index (χ2n) is 5.70. The molecule has 2 aliphatic rings. The first kappa shape index (κ1) is 12.2. The standard InChI is InChI=1S/C13H18ClN3O/c1-13(18)5-2-6-17(8-13)11-7-10(14)15-12(16-11)9-3-4-9/h7,9,18H,2-6,8H2,1H3. The van der Waals surface area contributed by atoms with Gasteiger partial charge in [0.2, 0.25) is 0 Å². The lowest BCUT2D eigenvalue weighted by molar-refractivity contribution is 0.0447. The summed E-state index contributed by atoms with van der Waals surface area (Å²) < 4.78 is 0. The summed E-state index contributed by atoms with van der Waals surface area (Å²) in [7, 11) is 0. The average molecular weight is 268 g/mol. The number of aromatic nitrogens is 2. The maximum Gasteiger partial charge on any atom is 0.135 e. The van der Waals surface area contributed by atoms with Crippen LogP contribution >= 0.6 is 11.6 Å². The molecule has 1 aliphatic heterocycles. The van der Waals surface area contributed by atoms with Gasteiger partial charge < -0.3 is 10.0 Å². The van der Waals surface area contributed by atoms with Crippen LogP contribution in [0.5, 0.6) is 0 Å². The molecule has 2 heterocycles. The Balaban J connectivity index is 1.86. The highest BCUT2D eigenvalue weighted by molar-refractivity contribution is 6.29. The topological polar surface area (TPSA) is 49.2 Å². The quantitative estimate of drug-likeness (QED) is 0.836. The Labute approximate surface area is 112 Å². The van der Waals surface area contributed by atoms with E-state index in [1.165, 1.54) is 0 Å². The van der Waals surface area contributed by atoms with Crippen molar-refractivity contribution in [3.8, 4) is 0 Å². The molecule has 1 aromatic heterocycles. The molecule has 2 fully saturated rings. The fraction of sp³-hybridized carbons (Fsp3) is 0.692. The third-order valence-electron chi connectivity index (χ3n) is 3.64. The SMILES string of the molecule is CC1(O)CCCN(c2cc(Cl)nc(C3CC3)n2)C1. The van der Waals surface area contributed by atoms with Crippen LogP contribution in [0.2, 0.25) is 5.15 Å². The zero-order valence-electron chi connectivity index (χ0n) is 10.6. The Kier molecular flexibility index (Phi) is 2.94. The lowest BCUT2D eigenvalue weighted by atomic mass is 9.95. The van der Waals surface area contributed by atoms with Crippen molar-refractivity contribution < 1.29 is 5.11 Å². The van der Waals surface area contributed by atoms with Gasteiger partial charge in [0.1, 0.15) is 16.8 Å². The molecular formula is C13H18ClN3O. The Hall–Kier alpha value is -0.870. The minimum absolute atomic E-state index is 0.493. The fourth-order valence-corrected chi connectivity index (χ4v) is 2.71. The molecule has 1 atom stereocenters.